The number of ketones is 1. The van der Waals surface area contributed by atoms with Gasteiger partial charge in [0.1, 0.15) is 17.5 Å². The second-order valence-corrected chi connectivity index (χ2v) is 5.39. The Morgan fingerprint density at radius 2 is 1.70 bits per heavy atom. The van der Waals surface area contributed by atoms with Gasteiger partial charge in [-0.25, -0.2) is 13.2 Å². The molecular weight excluding hydrogens is 289 g/mol. The maximum Gasteiger partial charge on any atom is 0.178 e. The molecule has 0 saturated heterocycles. The van der Waals surface area contributed by atoms with Gasteiger partial charge in [0, 0.05) is 6.07 Å². The van der Waals surface area contributed by atoms with Crippen LogP contribution in [0.1, 0.15) is 10.4 Å². The number of benzene rings is 2. The minimum atomic E-state index is -2.00. The third-order valence-corrected chi connectivity index (χ3v) is 3.92. The molecule has 0 radical (unpaired) electrons. The Labute approximate surface area is 115 Å². The zero-order chi connectivity index (χ0) is 14.7. The zero-order valence-corrected chi connectivity index (χ0v) is 10.9. The fourth-order valence-electron chi connectivity index (χ4n) is 1.62. The van der Waals surface area contributed by atoms with Gasteiger partial charge in [0.25, 0.3) is 0 Å². The summed E-state index contributed by atoms with van der Waals surface area (Å²) in [4.78, 5) is 11.5. The molecular formula is C14H9F3O2S. The largest absolute Gasteiger partial charge is 0.293 e. The molecule has 0 fully saturated rings. The van der Waals surface area contributed by atoms with Crippen molar-refractivity contribution in [2.24, 2.45) is 0 Å². The molecule has 6 heteroatoms. The first-order valence-electron chi connectivity index (χ1n) is 5.60. The summed E-state index contributed by atoms with van der Waals surface area (Å²) in [6.07, 6.45) is 0. The van der Waals surface area contributed by atoms with Crippen LogP contribution >= 0.6 is 0 Å². The monoisotopic (exact) mass is 298 g/mol. The normalized spacial score (nSPS) is 12.2. The van der Waals surface area contributed by atoms with E-state index in [9.17, 15) is 22.2 Å². The summed E-state index contributed by atoms with van der Waals surface area (Å²) in [5, 5.41) is 0. The van der Waals surface area contributed by atoms with E-state index in [0.717, 1.165) is 18.2 Å². The van der Waals surface area contributed by atoms with E-state index in [1.807, 2.05) is 0 Å². The highest BCUT2D eigenvalue weighted by Gasteiger charge is 2.18. The maximum absolute atomic E-state index is 13.4. The molecule has 0 amide bonds. The molecule has 2 rings (SSSR count). The number of Topliss-reactive ketones (excluding diaryl/α,β-unsaturated/α-hetero) is 1. The third kappa shape index (κ3) is 3.14. The van der Waals surface area contributed by atoms with Crippen molar-refractivity contribution < 1.29 is 22.2 Å². The van der Waals surface area contributed by atoms with Crippen LogP contribution in [0.15, 0.2) is 47.4 Å². The molecule has 1 unspecified atom stereocenters. The highest BCUT2D eigenvalue weighted by molar-refractivity contribution is 7.85. The fourth-order valence-corrected chi connectivity index (χ4v) is 2.67. The van der Waals surface area contributed by atoms with Gasteiger partial charge in [-0.15, -0.1) is 0 Å². The van der Waals surface area contributed by atoms with Crippen LogP contribution in [0.3, 0.4) is 0 Å². The quantitative estimate of drug-likeness (QED) is 0.813. The molecule has 0 aliphatic heterocycles. The zero-order valence-electron chi connectivity index (χ0n) is 10.1. The lowest BCUT2D eigenvalue weighted by Gasteiger charge is -2.04. The molecule has 0 spiro atoms. The van der Waals surface area contributed by atoms with Gasteiger partial charge in [-0.05, 0) is 24.3 Å². The highest BCUT2D eigenvalue weighted by atomic mass is 32.2. The van der Waals surface area contributed by atoms with Crippen LogP contribution in [0, 0.1) is 17.5 Å². The lowest BCUT2D eigenvalue weighted by Crippen LogP contribution is -2.13. The molecule has 20 heavy (non-hydrogen) atoms. The molecule has 2 aromatic carbocycles. The summed E-state index contributed by atoms with van der Waals surface area (Å²) in [7, 11) is -2.00. The molecule has 2 aromatic rings. The number of carbonyl (C=O) groups excluding carboxylic acids is 1. The lowest BCUT2D eigenvalue weighted by molar-refractivity contribution is 0.101. The topological polar surface area (TPSA) is 34.1 Å². The summed E-state index contributed by atoms with van der Waals surface area (Å²) in [5.41, 5.74) is -0.205. The van der Waals surface area contributed by atoms with Crippen LogP contribution in [0.2, 0.25) is 0 Å². The highest BCUT2D eigenvalue weighted by Crippen LogP contribution is 2.16. The predicted octanol–water partition coefficient (Wildman–Crippen LogP) is 3.09. The summed E-state index contributed by atoms with van der Waals surface area (Å²) in [6, 6.07) is 7.80. The number of hydrogen-bond donors (Lipinski definition) is 0. The van der Waals surface area contributed by atoms with Crippen molar-refractivity contribution >= 4 is 16.6 Å². The van der Waals surface area contributed by atoms with Crippen molar-refractivity contribution in [1.29, 1.82) is 0 Å². The van der Waals surface area contributed by atoms with Crippen molar-refractivity contribution in [3.63, 3.8) is 0 Å². The smallest absolute Gasteiger partial charge is 0.178 e. The summed E-state index contributed by atoms with van der Waals surface area (Å²) < 4.78 is 51.4. The number of halogens is 3. The van der Waals surface area contributed by atoms with E-state index in [4.69, 9.17) is 0 Å². The first kappa shape index (κ1) is 14.5. The van der Waals surface area contributed by atoms with Crippen LogP contribution in [0.4, 0.5) is 13.2 Å². The average Bonchev–Trinajstić information content (AvgIpc) is 2.38. The lowest BCUT2D eigenvalue weighted by atomic mass is 10.1. The molecule has 0 aliphatic rings. The summed E-state index contributed by atoms with van der Waals surface area (Å²) in [5.74, 6) is -3.80. The van der Waals surface area contributed by atoms with Gasteiger partial charge in [0.15, 0.2) is 5.78 Å². The Balaban J connectivity index is 2.20. The van der Waals surface area contributed by atoms with E-state index in [1.165, 1.54) is 18.2 Å². The molecule has 0 heterocycles. The van der Waals surface area contributed by atoms with Crippen molar-refractivity contribution in [2.45, 2.75) is 4.90 Å². The second kappa shape index (κ2) is 6.00. The molecule has 0 saturated carbocycles. The fraction of sp³-hybridized carbons (Fsp3) is 0.0714. The first-order chi connectivity index (χ1) is 9.49. The van der Waals surface area contributed by atoms with Gasteiger partial charge in [-0.3, -0.25) is 9.00 Å². The Bertz CT molecular complexity index is 686. The van der Waals surface area contributed by atoms with E-state index < -0.39 is 39.8 Å². The third-order valence-electron chi connectivity index (χ3n) is 2.58. The van der Waals surface area contributed by atoms with Crippen LogP contribution < -0.4 is 0 Å². The van der Waals surface area contributed by atoms with E-state index in [0.29, 0.717) is 6.07 Å². The minimum absolute atomic E-state index is 0.205. The van der Waals surface area contributed by atoms with Gasteiger partial charge in [0.2, 0.25) is 0 Å². The molecule has 0 N–H and O–H groups in total. The van der Waals surface area contributed by atoms with Gasteiger partial charge in [-0.1, -0.05) is 12.1 Å². The van der Waals surface area contributed by atoms with Crippen molar-refractivity contribution in [1.82, 2.24) is 0 Å². The average molecular weight is 298 g/mol. The van der Waals surface area contributed by atoms with E-state index in [1.54, 1.807) is 0 Å². The van der Waals surface area contributed by atoms with Crippen LogP contribution in [-0.4, -0.2) is 15.7 Å². The SMILES string of the molecule is O=C(CS(=O)c1ccc(F)cc1F)c1ccccc1F. The van der Waals surface area contributed by atoms with E-state index in [2.05, 4.69) is 0 Å². The molecule has 2 nitrogen and oxygen atoms in total. The second-order valence-electron chi connectivity index (χ2n) is 3.97. The van der Waals surface area contributed by atoms with E-state index in [-0.39, 0.29) is 10.5 Å². The maximum atomic E-state index is 13.4. The number of carbonyl (C=O) groups is 1. The van der Waals surface area contributed by atoms with Crippen molar-refractivity contribution in [2.75, 3.05) is 5.75 Å². The Morgan fingerprint density at radius 1 is 1.00 bits per heavy atom. The van der Waals surface area contributed by atoms with Crippen LogP contribution in [0.25, 0.3) is 0 Å². The number of hydrogen-bond acceptors (Lipinski definition) is 2. The van der Waals surface area contributed by atoms with E-state index >= 15 is 0 Å². The Morgan fingerprint density at radius 3 is 2.35 bits per heavy atom. The number of rotatable bonds is 4. The molecule has 0 aromatic heterocycles. The Kier molecular flexibility index (Phi) is 4.34. The predicted molar refractivity (Wildman–Crippen MR) is 68.4 cm³/mol. The van der Waals surface area contributed by atoms with Gasteiger partial charge in [0.05, 0.1) is 27.0 Å². The van der Waals surface area contributed by atoms with Gasteiger partial charge < -0.3 is 0 Å². The van der Waals surface area contributed by atoms with Gasteiger partial charge >= 0.3 is 0 Å². The summed E-state index contributed by atoms with van der Waals surface area (Å²) in [6.45, 7) is 0. The standard InChI is InChI=1S/C14H9F3O2S/c15-9-5-6-14(12(17)7-9)20(19)8-13(18)10-3-1-2-4-11(10)16/h1-7H,8H2. The first-order valence-corrected chi connectivity index (χ1v) is 6.92. The molecule has 104 valence electrons. The van der Waals surface area contributed by atoms with Crippen molar-refractivity contribution in [3.8, 4) is 0 Å². The van der Waals surface area contributed by atoms with Crippen LogP contribution in [0.5, 0.6) is 0 Å². The van der Waals surface area contributed by atoms with Crippen LogP contribution in [-0.2, 0) is 10.8 Å². The molecule has 1 atom stereocenters. The summed E-state index contributed by atoms with van der Waals surface area (Å²) >= 11 is 0. The van der Waals surface area contributed by atoms with Gasteiger partial charge in [-0.2, -0.15) is 0 Å². The minimum Gasteiger partial charge on any atom is -0.293 e. The molecule has 0 aliphatic carbocycles. The molecule has 0 bridgehead atoms. The van der Waals surface area contributed by atoms with Crippen molar-refractivity contribution in [3.05, 3.63) is 65.5 Å². The Hall–Kier alpha value is -1.95.